The van der Waals surface area contributed by atoms with Crippen molar-refractivity contribution in [1.82, 2.24) is 9.97 Å². The van der Waals surface area contributed by atoms with Crippen LogP contribution in [0.5, 0.6) is 0 Å². The average Bonchev–Trinajstić information content (AvgIpc) is 2.46. The first kappa shape index (κ1) is 16.4. The van der Waals surface area contributed by atoms with E-state index in [1.807, 2.05) is 0 Å². The molecule has 0 radical (unpaired) electrons. The lowest BCUT2D eigenvalue weighted by Gasteiger charge is -2.08. The van der Waals surface area contributed by atoms with Gasteiger partial charge in [-0.05, 0) is 19.1 Å². The van der Waals surface area contributed by atoms with Gasteiger partial charge in [-0.15, -0.1) is 0 Å². The highest BCUT2D eigenvalue weighted by Crippen LogP contribution is 2.28. The molecular formula is C14H11F3N4O2. The number of alkyl halides is 3. The molecule has 0 saturated heterocycles. The third kappa shape index (κ3) is 4.25. The lowest BCUT2D eigenvalue weighted by molar-refractivity contribution is -0.141. The van der Waals surface area contributed by atoms with Crippen molar-refractivity contribution in [3.05, 3.63) is 52.8 Å². The van der Waals surface area contributed by atoms with E-state index in [0.29, 0.717) is 0 Å². The van der Waals surface area contributed by atoms with Gasteiger partial charge in [-0.25, -0.2) is 20.2 Å². The summed E-state index contributed by atoms with van der Waals surface area (Å²) in [6, 6.07) is 6.86. The Balaban J connectivity index is 2.22. The quantitative estimate of drug-likeness (QED) is 0.667. The van der Waals surface area contributed by atoms with Gasteiger partial charge in [0.15, 0.2) is 0 Å². The number of aromatic carboxylic acids is 1. The van der Waals surface area contributed by atoms with Crippen molar-refractivity contribution in [1.29, 1.82) is 0 Å². The zero-order valence-corrected chi connectivity index (χ0v) is 11.8. The number of halogens is 3. The van der Waals surface area contributed by atoms with E-state index in [4.69, 9.17) is 5.11 Å². The highest BCUT2D eigenvalue weighted by molar-refractivity contribution is 5.98. The van der Waals surface area contributed by atoms with Crippen LogP contribution >= 0.6 is 0 Å². The monoisotopic (exact) mass is 324 g/mol. The highest BCUT2D eigenvalue weighted by atomic mass is 19.4. The number of nitrogens with zero attached hydrogens (tertiary/aromatic N) is 3. The first-order valence-corrected chi connectivity index (χ1v) is 6.31. The van der Waals surface area contributed by atoms with Crippen molar-refractivity contribution in [3.8, 4) is 0 Å². The third-order valence-electron chi connectivity index (χ3n) is 2.70. The molecule has 1 aromatic heterocycles. The highest BCUT2D eigenvalue weighted by Gasteiger charge is 2.33. The molecule has 0 saturated carbocycles. The lowest BCUT2D eigenvalue weighted by atomic mass is 10.1. The molecule has 2 aromatic rings. The van der Waals surface area contributed by atoms with Crippen LogP contribution in [0.3, 0.4) is 0 Å². The number of benzene rings is 1. The molecule has 120 valence electrons. The molecule has 1 aromatic carbocycles. The summed E-state index contributed by atoms with van der Waals surface area (Å²) in [4.78, 5) is 18.1. The van der Waals surface area contributed by atoms with Crippen molar-refractivity contribution in [2.75, 3.05) is 5.43 Å². The Morgan fingerprint density at radius 1 is 1.30 bits per heavy atom. The maximum absolute atomic E-state index is 12.7. The Morgan fingerprint density at radius 3 is 2.65 bits per heavy atom. The first-order valence-electron chi connectivity index (χ1n) is 6.31. The Morgan fingerprint density at radius 2 is 2.00 bits per heavy atom. The molecule has 1 heterocycles. The van der Waals surface area contributed by atoms with Gasteiger partial charge in [0, 0.05) is 11.3 Å². The molecule has 9 heteroatoms. The third-order valence-corrected chi connectivity index (χ3v) is 2.70. The fraction of sp³-hybridized carbons (Fsp3) is 0.143. The number of nitrogens with one attached hydrogen (secondary N) is 1. The molecule has 6 nitrogen and oxygen atoms in total. The van der Waals surface area contributed by atoms with E-state index >= 15 is 0 Å². The second kappa shape index (κ2) is 6.42. The smallest absolute Gasteiger partial charge is 0.433 e. The van der Waals surface area contributed by atoms with Crippen LogP contribution in [0.15, 0.2) is 35.4 Å². The number of aryl methyl sites for hydroxylation is 1. The van der Waals surface area contributed by atoms with Gasteiger partial charge in [0.05, 0.1) is 11.8 Å². The van der Waals surface area contributed by atoms with E-state index in [2.05, 4.69) is 20.5 Å². The molecule has 2 rings (SSSR count). The van der Waals surface area contributed by atoms with E-state index in [9.17, 15) is 18.0 Å². The normalized spacial score (nSPS) is 11.7. The second-order valence-corrected chi connectivity index (χ2v) is 4.48. The van der Waals surface area contributed by atoms with E-state index < -0.39 is 17.8 Å². The number of hydrogen-bond acceptors (Lipinski definition) is 5. The molecular weight excluding hydrogens is 313 g/mol. The largest absolute Gasteiger partial charge is 0.478 e. The van der Waals surface area contributed by atoms with Crippen LogP contribution in [0.2, 0.25) is 0 Å². The number of hydrogen-bond donors (Lipinski definition) is 2. The van der Waals surface area contributed by atoms with Gasteiger partial charge in [0.1, 0.15) is 5.69 Å². The maximum Gasteiger partial charge on any atom is 0.433 e. The number of carbonyl (C=O) groups is 1. The van der Waals surface area contributed by atoms with E-state index in [0.717, 1.165) is 6.07 Å². The van der Waals surface area contributed by atoms with Crippen molar-refractivity contribution in [2.24, 2.45) is 5.10 Å². The molecule has 0 aliphatic heterocycles. The van der Waals surface area contributed by atoms with E-state index in [1.165, 1.54) is 25.3 Å². The van der Waals surface area contributed by atoms with Crippen LogP contribution in [-0.2, 0) is 6.18 Å². The van der Waals surface area contributed by atoms with Gasteiger partial charge in [-0.2, -0.15) is 18.3 Å². The van der Waals surface area contributed by atoms with Gasteiger partial charge in [-0.1, -0.05) is 18.2 Å². The molecule has 0 spiro atoms. The average molecular weight is 324 g/mol. The summed E-state index contributed by atoms with van der Waals surface area (Å²) in [5.41, 5.74) is 1.60. The Hall–Kier alpha value is -2.97. The SMILES string of the molecule is Cc1cc(C(F)(F)F)nc(NN=Cc2ccccc2C(=O)O)n1. The molecule has 0 aliphatic carbocycles. The zero-order chi connectivity index (χ0) is 17.0. The molecule has 2 N–H and O–H groups in total. The van der Waals surface area contributed by atoms with Crippen molar-refractivity contribution < 1.29 is 23.1 Å². The summed E-state index contributed by atoms with van der Waals surface area (Å²) in [7, 11) is 0. The van der Waals surface area contributed by atoms with Crippen LogP contribution in [0, 0.1) is 6.92 Å². The minimum Gasteiger partial charge on any atom is -0.478 e. The summed E-state index contributed by atoms with van der Waals surface area (Å²) in [6.07, 6.45) is -3.42. The van der Waals surface area contributed by atoms with Crippen LogP contribution in [0.4, 0.5) is 19.1 Å². The zero-order valence-electron chi connectivity index (χ0n) is 11.8. The summed E-state index contributed by atoms with van der Waals surface area (Å²) in [5.74, 6) is -1.47. The first-order chi connectivity index (χ1) is 10.8. The summed E-state index contributed by atoms with van der Waals surface area (Å²) in [5, 5.41) is 12.7. The molecule has 0 atom stereocenters. The van der Waals surface area contributed by atoms with Crippen molar-refractivity contribution in [2.45, 2.75) is 13.1 Å². The Labute approximate surface area is 128 Å². The number of anilines is 1. The van der Waals surface area contributed by atoms with E-state index in [1.54, 1.807) is 12.1 Å². The molecule has 0 unspecified atom stereocenters. The Bertz CT molecular complexity index is 760. The Kier molecular flexibility index (Phi) is 4.58. The van der Waals surface area contributed by atoms with Crippen molar-refractivity contribution >= 4 is 18.1 Å². The second-order valence-electron chi connectivity index (χ2n) is 4.48. The van der Waals surface area contributed by atoms with Crippen LogP contribution in [0.1, 0.15) is 27.3 Å². The fourth-order valence-electron chi connectivity index (χ4n) is 1.73. The minimum atomic E-state index is -4.59. The van der Waals surface area contributed by atoms with Gasteiger partial charge in [-0.3, -0.25) is 0 Å². The van der Waals surface area contributed by atoms with Crippen LogP contribution in [0.25, 0.3) is 0 Å². The number of aromatic nitrogens is 2. The van der Waals surface area contributed by atoms with E-state index in [-0.39, 0.29) is 22.8 Å². The van der Waals surface area contributed by atoms with Gasteiger partial charge >= 0.3 is 12.1 Å². The molecule has 0 fully saturated rings. The standard InChI is InChI=1S/C14H11F3N4O2/c1-8-6-11(14(15,16)17)20-13(19-8)21-18-7-9-4-2-3-5-10(9)12(22)23/h2-7H,1H3,(H,22,23)(H,19,20,21). The summed E-state index contributed by atoms with van der Waals surface area (Å²) < 4.78 is 38.0. The fourth-order valence-corrected chi connectivity index (χ4v) is 1.73. The molecule has 0 amide bonds. The maximum atomic E-state index is 12.7. The van der Waals surface area contributed by atoms with Gasteiger partial charge < -0.3 is 5.11 Å². The minimum absolute atomic E-state index is 0.0131. The molecule has 0 aliphatic rings. The number of hydrazone groups is 1. The number of carboxylic acid groups (broad SMARTS) is 1. The van der Waals surface area contributed by atoms with Crippen LogP contribution in [-0.4, -0.2) is 27.3 Å². The number of rotatable bonds is 4. The van der Waals surface area contributed by atoms with Crippen molar-refractivity contribution in [3.63, 3.8) is 0 Å². The van der Waals surface area contributed by atoms with Gasteiger partial charge in [0.2, 0.25) is 5.95 Å². The molecule has 23 heavy (non-hydrogen) atoms. The number of carboxylic acids is 1. The predicted molar refractivity (Wildman–Crippen MR) is 76.4 cm³/mol. The predicted octanol–water partition coefficient (Wildman–Crippen LogP) is 2.95. The van der Waals surface area contributed by atoms with Crippen LogP contribution < -0.4 is 5.43 Å². The topological polar surface area (TPSA) is 87.5 Å². The summed E-state index contributed by atoms with van der Waals surface area (Å²) in [6.45, 7) is 1.39. The summed E-state index contributed by atoms with van der Waals surface area (Å²) >= 11 is 0. The lowest BCUT2D eigenvalue weighted by Crippen LogP contribution is -2.11. The molecule has 0 bridgehead atoms. The van der Waals surface area contributed by atoms with Gasteiger partial charge in [0.25, 0.3) is 0 Å².